The van der Waals surface area contributed by atoms with Crippen molar-refractivity contribution in [1.82, 2.24) is 0 Å². The average Bonchev–Trinajstić information content (AvgIpc) is 2.64. The standard InChI is InChI=1S/C16H21BO5/c1-15(2)16(3,4)22-17(21-15)13(9-14(19)20)12-8-6-5-7-11(12)10-18/h5-8,10,13H,9H2,1-4H3,(H,19,20). The van der Waals surface area contributed by atoms with Crippen LogP contribution in [0.15, 0.2) is 24.3 Å². The van der Waals surface area contributed by atoms with Crippen LogP contribution >= 0.6 is 0 Å². The zero-order valence-electron chi connectivity index (χ0n) is 13.3. The van der Waals surface area contributed by atoms with E-state index in [1.54, 1.807) is 24.3 Å². The van der Waals surface area contributed by atoms with Gasteiger partial charge in [-0.05, 0) is 33.3 Å². The normalized spacial score (nSPS) is 20.6. The van der Waals surface area contributed by atoms with Crippen molar-refractivity contribution in [3.05, 3.63) is 35.4 Å². The number of hydrogen-bond acceptors (Lipinski definition) is 4. The molecule has 1 saturated heterocycles. The van der Waals surface area contributed by atoms with Gasteiger partial charge in [0.25, 0.3) is 0 Å². The molecule has 1 aliphatic heterocycles. The molecule has 1 aromatic carbocycles. The first kappa shape index (κ1) is 16.7. The average molecular weight is 304 g/mol. The zero-order valence-corrected chi connectivity index (χ0v) is 13.3. The van der Waals surface area contributed by atoms with Gasteiger partial charge in [-0.3, -0.25) is 9.59 Å². The highest BCUT2D eigenvalue weighted by atomic mass is 16.7. The molecular formula is C16H21BO5. The highest BCUT2D eigenvalue weighted by Crippen LogP contribution is 2.42. The number of benzene rings is 1. The highest BCUT2D eigenvalue weighted by molar-refractivity contribution is 6.48. The lowest BCUT2D eigenvalue weighted by Gasteiger charge is -2.32. The number of carboxylic acids is 1. The van der Waals surface area contributed by atoms with Crippen LogP contribution in [0.4, 0.5) is 0 Å². The van der Waals surface area contributed by atoms with Crippen LogP contribution in [0.25, 0.3) is 0 Å². The quantitative estimate of drug-likeness (QED) is 0.669. The third-order valence-electron chi connectivity index (χ3n) is 4.52. The Labute approximate surface area is 130 Å². The molecule has 0 aliphatic carbocycles. The number of carbonyl (C=O) groups excluding carboxylic acids is 1. The van der Waals surface area contributed by atoms with Gasteiger partial charge in [-0.1, -0.05) is 24.3 Å². The Morgan fingerprint density at radius 2 is 1.77 bits per heavy atom. The molecule has 1 aliphatic rings. The second kappa shape index (κ2) is 5.86. The number of carboxylic acid groups (broad SMARTS) is 1. The van der Waals surface area contributed by atoms with Crippen molar-refractivity contribution in [1.29, 1.82) is 0 Å². The monoisotopic (exact) mass is 304 g/mol. The first-order valence-electron chi connectivity index (χ1n) is 7.29. The SMILES string of the molecule is CC1(C)OB(C(CC(=O)O)c2ccccc2C=O)OC1(C)C. The van der Waals surface area contributed by atoms with E-state index in [4.69, 9.17) is 9.31 Å². The summed E-state index contributed by atoms with van der Waals surface area (Å²) in [6.07, 6.45) is 0.567. The van der Waals surface area contributed by atoms with Crippen LogP contribution in [0.2, 0.25) is 0 Å². The van der Waals surface area contributed by atoms with Gasteiger partial charge in [0.15, 0.2) is 0 Å². The van der Waals surface area contributed by atoms with E-state index in [-0.39, 0.29) is 6.42 Å². The van der Waals surface area contributed by atoms with Gasteiger partial charge >= 0.3 is 13.1 Å². The molecule has 1 atom stereocenters. The van der Waals surface area contributed by atoms with Crippen LogP contribution in [-0.4, -0.2) is 35.7 Å². The van der Waals surface area contributed by atoms with Crippen molar-refractivity contribution < 1.29 is 24.0 Å². The molecule has 0 bridgehead atoms. The molecule has 1 aromatic rings. The van der Waals surface area contributed by atoms with Gasteiger partial charge in [0.05, 0.1) is 17.6 Å². The van der Waals surface area contributed by atoms with Crippen molar-refractivity contribution in [3.8, 4) is 0 Å². The van der Waals surface area contributed by atoms with Crippen LogP contribution in [0.5, 0.6) is 0 Å². The van der Waals surface area contributed by atoms with Crippen molar-refractivity contribution in [2.75, 3.05) is 0 Å². The van der Waals surface area contributed by atoms with Gasteiger partial charge in [-0.2, -0.15) is 0 Å². The summed E-state index contributed by atoms with van der Waals surface area (Å²) in [6.45, 7) is 7.65. The fraction of sp³-hybridized carbons (Fsp3) is 0.500. The van der Waals surface area contributed by atoms with Crippen LogP contribution < -0.4 is 0 Å². The van der Waals surface area contributed by atoms with E-state index in [0.29, 0.717) is 11.1 Å². The fourth-order valence-electron chi connectivity index (χ4n) is 2.55. The Hall–Kier alpha value is -1.66. The summed E-state index contributed by atoms with van der Waals surface area (Å²) < 4.78 is 12.0. The lowest BCUT2D eigenvalue weighted by Crippen LogP contribution is -2.41. The van der Waals surface area contributed by atoms with Crippen molar-refractivity contribution in [2.45, 2.75) is 51.1 Å². The van der Waals surface area contributed by atoms with E-state index in [1.807, 2.05) is 27.7 Å². The van der Waals surface area contributed by atoms with Crippen LogP contribution in [-0.2, 0) is 14.1 Å². The summed E-state index contributed by atoms with van der Waals surface area (Å²) in [6, 6.07) is 6.95. The second-order valence-electron chi connectivity index (χ2n) is 6.58. The highest BCUT2D eigenvalue weighted by Gasteiger charge is 2.54. The van der Waals surface area contributed by atoms with Crippen molar-refractivity contribution in [2.24, 2.45) is 0 Å². The Kier molecular flexibility index (Phi) is 4.45. The number of aliphatic carboxylic acids is 1. The van der Waals surface area contributed by atoms with Gasteiger partial charge in [0.1, 0.15) is 6.29 Å². The van der Waals surface area contributed by atoms with Gasteiger partial charge in [-0.15, -0.1) is 0 Å². The smallest absolute Gasteiger partial charge is 0.466 e. The van der Waals surface area contributed by atoms with E-state index < -0.39 is 30.1 Å². The maximum atomic E-state index is 11.3. The van der Waals surface area contributed by atoms with Crippen LogP contribution in [0.1, 0.15) is 55.9 Å². The maximum absolute atomic E-state index is 11.3. The van der Waals surface area contributed by atoms with E-state index in [9.17, 15) is 14.7 Å². The largest absolute Gasteiger partial charge is 0.481 e. The first-order valence-corrected chi connectivity index (χ1v) is 7.29. The summed E-state index contributed by atoms with van der Waals surface area (Å²) in [7, 11) is -0.706. The Morgan fingerprint density at radius 1 is 1.23 bits per heavy atom. The minimum absolute atomic E-state index is 0.165. The summed E-state index contributed by atoms with van der Waals surface area (Å²) in [5, 5.41) is 9.23. The lowest BCUT2D eigenvalue weighted by molar-refractivity contribution is -0.137. The lowest BCUT2D eigenvalue weighted by atomic mass is 9.65. The maximum Gasteiger partial charge on any atom is 0.466 e. The van der Waals surface area contributed by atoms with E-state index in [2.05, 4.69) is 0 Å². The molecule has 1 N–H and O–H groups in total. The van der Waals surface area contributed by atoms with Crippen molar-refractivity contribution >= 4 is 19.4 Å². The predicted octanol–water partition coefficient (Wildman–Crippen LogP) is 2.69. The number of aldehydes is 1. The summed E-state index contributed by atoms with van der Waals surface area (Å²) in [4.78, 5) is 22.5. The third kappa shape index (κ3) is 3.08. The minimum Gasteiger partial charge on any atom is -0.481 e. The van der Waals surface area contributed by atoms with Gasteiger partial charge in [0, 0.05) is 11.4 Å². The summed E-state index contributed by atoms with van der Waals surface area (Å²) in [5.74, 6) is -1.50. The molecular weight excluding hydrogens is 283 g/mol. The van der Waals surface area contributed by atoms with Crippen molar-refractivity contribution in [3.63, 3.8) is 0 Å². The molecule has 1 fully saturated rings. The molecule has 2 rings (SSSR count). The minimum atomic E-state index is -0.958. The Bertz CT molecular complexity index is 566. The molecule has 0 saturated carbocycles. The number of rotatable bonds is 5. The van der Waals surface area contributed by atoms with E-state index >= 15 is 0 Å². The van der Waals surface area contributed by atoms with Crippen LogP contribution in [0, 0.1) is 0 Å². The third-order valence-corrected chi connectivity index (χ3v) is 4.52. The fourth-order valence-corrected chi connectivity index (χ4v) is 2.55. The van der Waals surface area contributed by atoms with Crippen LogP contribution in [0.3, 0.4) is 0 Å². The number of carbonyl (C=O) groups is 2. The number of hydrogen-bond donors (Lipinski definition) is 1. The van der Waals surface area contributed by atoms with Gasteiger partial charge in [0.2, 0.25) is 0 Å². The molecule has 22 heavy (non-hydrogen) atoms. The van der Waals surface area contributed by atoms with E-state index in [1.165, 1.54) is 0 Å². The topological polar surface area (TPSA) is 72.8 Å². The molecule has 0 aromatic heterocycles. The first-order chi connectivity index (χ1) is 10.2. The molecule has 0 amide bonds. The summed E-state index contributed by atoms with van der Waals surface area (Å²) >= 11 is 0. The van der Waals surface area contributed by atoms with E-state index in [0.717, 1.165) is 6.29 Å². The summed E-state index contributed by atoms with van der Waals surface area (Å²) in [5.41, 5.74) is -0.00315. The Morgan fingerprint density at radius 3 is 2.27 bits per heavy atom. The molecule has 0 spiro atoms. The van der Waals surface area contributed by atoms with Gasteiger partial charge < -0.3 is 14.4 Å². The molecule has 5 nitrogen and oxygen atoms in total. The molecule has 6 heteroatoms. The molecule has 1 unspecified atom stereocenters. The Balaban J connectivity index is 2.40. The van der Waals surface area contributed by atoms with Gasteiger partial charge in [-0.25, -0.2) is 0 Å². The predicted molar refractivity (Wildman–Crippen MR) is 82.9 cm³/mol. The molecule has 118 valence electrons. The molecule has 1 heterocycles. The zero-order chi connectivity index (χ0) is 16.5. The molecule has 0 radical (unpaired) electrons. The second-order valence-corrected chi connectivity index (χ2v) is 6.58.